The van der Waals surface area contributed by atoms with Crippen LogP contribution in [0.4, 0.5) is 0 Å². The van der Waals surface area contributed by atoms with Crippen molar-refractivity contribution in [1.29, 1.82) is 0 Å². The monoisotopic (exact) mass is 286 g/mol. The lowest BCUT2D eigenvalue weighted by Crippen LogP contribution is -2.11. The van der Waals surface area contributed by atoms with Gasteiger partial charge in [-0.25, -0.2) is 13.6 Å². The van der Waals surface area contributed by atoms with E-state index < -0.39 is 10.0 Å². The number of H-pyrrole nitrogens is 1. The zero-order valence-corrected chi connectivity index (χ0v) is 11.7. The van der Waals surface area contributed by atoms with Crippen LogP contribution >= 0.6 is 0 Å². The van der Waals surface area contributed by atoms with Crippen molar-refractivity contribution in [2.24, 2.45) is 5.14 Å². The van der Waals surface area contributed by atoms with Gasteiger partial charge in [-0.2, -0.15) is 0 Å². The highest BCUT2D eigenvalue weighted by molar-refractivity contribution is 7.89. The number of hydrogen-bond acceptors (Lipinski definition) is 2. The molecule has 20 heavy (non-hydrogen) atoms. The summed E-state index contributed by atoms with van der Waals surface area (Å²) >= 11 is 0. The Morgan fingerprint density at radius 3 is 2.50 bits per heavy atom. The predicted molar refractivity (Wildman–Crippen MR) is 79.8 cm³/mol. The van der Waals surface area contributed by atoms with Crippen LogP contribution in [0.15, 0.2) is 53.4 Å². The van der Waals surface area contributed by atoms with E-state index >= 15 is 0 Å². The van der Waals surface area contributed by atoms with Crippen molar-refractivity contribution in [3.63, 3.8) is 0 Å². The second-order valence-corrected chi connectivity index (χ2v) is 6.35. The first-order valence-corrected chi connectivity index (χ1v) is 7.71. The molecule has 3 aromatic rings. The molecule has 0 saturated heterocycles. The summed E-state index contributed by atoms with van der Waals surface area (Å²) in [5.41, 5.74) is 3.98. The van der Waals surface area contributed by atoms with Crippen LogP contribution in [0.25, 0.3) is 22.2 Å². The largest absolute Gasteiger partial charge is 0.354 e. The number of aryl methyl sites for hydroxylation is 1. The predicted octanol–water partition coefficient (Wildman–Crippen LogP) is 2.79. The molecule has 2 aromatic carbocycles. The summed E-state index contributed by atoms with van der Waals surface area (Å²) in [6, 6.07) is 14.9. The second-order valence-electron chi connectivity index (χ2n) is 4.79. The molecule has 0 amide bonds. The number of aromatic nitrogens is 1. The van der Waals surface area contributed by atoms with E-state index in [4.69, 9.17) is 5.14 Å². The minimum absolute atomic E-state index is 0.114. The van der Waals surface area contributed by atoms with Gasteiger partial charge in [-0.1, -0.05) is 30.3 Å². The van der Waals surface area contributed by atoms with Gasteiger partial charge in [0.1, 0.15) is 0 Å². The van der Waals surface area contributed by atoms with Crippen LogP contribution in [0.5, 0.6) is 0 Å². The average Bonchev–Trinajstić information content (AvgIpc) is 2.80. The number of benzene rings is 2. The summed E-state index contributed by atoms with van der Waals surface area (Å²) in [5.74, 6) is 0. The van der Waals surface area contributed by atoms with Gasteiger partial charge in [0.2, 0.25) is 10.0 Å². The van der Waals surface area contributed by atoms with Gasteiger partial charge in [0.15, 0.2) is 0 Å². The van der Waals surface area contributed by atoms with Crippen LogP contribution in [-0.4, -0.2) is 13.4 Å². The molecule has 0 radical (unpaired) electrons. The van der Waals surface area contributed by atoms with E-state index in [1.807, 2.05) is 37.3 Å². The second kappa shape index (κ2) is 4.47. The molecule has 0 aliphatic rings. The number of primary sulfonamides is 1. The minimum atomic E-state index is -3.68. The van der Waals surface area contributed by atoms with E-state index in [0.717, 1.165) is 27.7 Å². The van der Waals surface area contributed by atoms with Crippen LogP contribution in [0.2, 0.25) is 0 Å². The van der Waals surface area contributed by atoms with Crippen molar-refractivity contribution in [3.8, 4) is 11.3 Å². The van der Waals surface area contributed by atoms with E-state index in [0.29, 0.717) is 0 Å². The summed E-state index contributed by atoms with van der Waals surface area (Å²) < 4.78 is 22.7. The molecule has 3 N–H and O–H groups in total. The van der Waals surface area contributed by atoms with Crippen LogP contribution in [0.3, 0.4) is 0 Å². The number of aromatic amines is 1. The lowest BCUT2D eigenvalue weighted by Gasteiger charge is -2.01. The fourth-order valence-electron chi connectivity index (χ4n) is 2.30. The maximum atomic E-state index is 11.4. The highest BCUT2D eigenvalue weighted by Crippen LogP contribution is 2.27. The number of nitrogens with one attached hydrogen (secondary N) is 1. The molecule has 3 rings (SSSR count). The van der Waals surface area contributed by atoms with Gasteiger partial charge in [0.05, 0.1) is 4.90 Å². The molecule has 1 aromatic heterocycles. The minimum Gasteiger partial charge on any atom is -0.354 e. The van der Waals surface area contributed by atoms with Crippen molar-refractivity contribution >= 4 is 20.9 Å². The summed E-state index contributed by atoms with van der Waals surface area (Å²) in [7, 11) is -3.68. The lowest BCUT2D eigenvalue weighted by atomic mass is 10.1. The Hall–Kier alpha value is -2.11. The van der Waals surface area contributed by atoms with Crippen LogP contribution in [-0.2, 0) is 10.0 Å². The Labute approximate surface area is 117 Å². The SMILES string of the molecule is Cc1ccccc1-c1cc2ccc(S(N)(=O)=O)cc2[nH]1. The standard InChI is InChI=1S/C15H14N2O2S/c1-10-4-2-3-5-13(10)15-8-11-6-7-12(20(16,18)19)9-14(11)17-15/h2-9,17H,1H3,(H2,16,18,19). The first kappa shape index (κ1) is 12.9. The van der Waals surface area contributed by atoms with Crippen molar-refractivity contribution in [3.05, 3.63) is 54.1 Å². The highest BCUT2D eigenvalue weighted by Gasteiger charge is 2.11. The zero-order chi connectivity index (χ0) is 14.3. The first-order valence-electron chi connectivity index (χ1n) is 6.17. The number of sulfonamides is 1. The molecule has 0 spiro atoms. The van der Waals surface area contributed by atoms with Crippen LogP contribution in [0.1, 0.15) is 5.56 Å². The molecule has 0 bridgehead atoms. The molecule has 1 heterocycles. The van der Waals surface area contributed by atoms with E-state index in [1.165, 1.54) is 6.07 Å². The van der Waals surface area contributed by atoms with Crippen molar-refractivity contribution in [2.45, 2.75) is 11.8 Å². The van der Waals surface area contributed by atoms with Crippen molar-refractivity contribution in [1.82, 2.24) is 4.98 Å². The van der Waals surface area contributed by atoms with E-state index in [-0.39, 0.29) is 4.90 Å². The number of fused-ring (bicyclic) bond motifs is 1. The molecule has 0 aliphatic heterocycles. The van der Waals surface area contributed by atoms with E-state index in [9.17, 15) is 8.42 Å². The zero-order valence-electron chi connectivity index (χ0n) is 10.9. The molecule has 0 aliphatic carbocycles. The van der Waals surface area contributed by atoms with Gasteiger partial charge in [0, 0.05) is 22.2 Å². The maximum absolute atomic E-state index is 11.4. The topological polar surface area (TPSA) is 76.0 Å². The summed E-state index contributed by atoms with van der Waals surface area (Å²) in [5, 5.41) is 6.10. The number of hydrogen-bond donors (Lipinski definition) is 2. The molecule has 102 valence electrons. The first-order chi connectivity index (χ1) is 9.45. The highest BCUT2D eigenvalue weighted by atomic mass is 32.2. The quantitative estimate of drug-likeness (QED) is 0.760. The maximum Gasteiger partial charge on any atom is 0.238 e. The third-order valence-electron chi connectivity index (χ3n) is 3.36. The lowest BCUT2D eigenvalue weighted by molar-refractivity contribution is 0.598. The fraction of sp³-hybridized carbons (Fsp3) is 0.0667. The Morgan fingerprint density at radius 1 is 1.05 bits per heavy atom. The summed E-state index contributed by atoms with van der Waals surface area (Å²) in [6.45, 7) is 2.04. The van der Waals surface area contributed by atoms with Gasteiger partial charge in [0.25, 0.3) is 0 Å². The molecular formula is C15H14N2O2S. The van der Waals surface area contributed by atoms with Crippen molar-refractivity contribution in [2.75, 3.05) is 0 Å². The normalized spacial score (nSPS) is 11.9. The van der Waals surface area contributed by atoms with Gasteiger partial charge in [-0.3, -0.25) is 0 Å². The van der Waals surface area contributed by atoms with Gasteiger partial charge in [-0.05, 0) is 30.7 Å². The Kier molecular flexibility index (Phi) is 2.88. The molecule has 5 heteroatoms. The Morgan fingerprint density at radius 2 is 1.80 bits per heavy atom. The third kappa shape index (κ3) is 2.21. The smallest absolute Gasteiger partial charge is 0.238 e. The average molecular weight is 286 g/mol. The van der Waals surface area contributed by atoms with Gasteiger partial charge in [-0.15, -0.1) is 0 Å². The van der Waals surface area contributed by atoms with Crippen molar-refractivity contribution < 1.29 is 8.42 Å². The molecule has 0 fully saturated rings. The molecule has 4 nitrogen and oxygen atoms in total. The number of rotatable bonds is 2. The molecule has 0 atom stereocenters. The van der Waals surface area contributed by atoms with Gasteiger partial charge < -0.3 is 4.98 Å². The summed E-state index contributed by atoms with van der Waals surface area (Å²) in [4.78, 5) is 3.36. The Bertz CT molecular complexity index is 895. The van der Waals surface area contributed by atoms with Gasteiger partial charge >= 0.3 is 0 Å². The molecule has 0 unspecified atom stereocenters. The van der Waals surface area contributed by atoms with Crippen LogP contribution in [0, 0.1) is 6.92 Å². The number of nitrogens with two attached hydrogens (primary N) is 1. The Balaban J connectivity index is 2.19. The fourth-order valence-corrected chi connectivity index (χ4v) is 2.84. The summed E-state index contributed by atoms with van der Waals surface area (Å²) in [6.07, 6.45) is 0. The van der Waals surface area contributed by atoms with E-state index in [2.05, 4.69) is 4.98 Å². The molecule has 0 saturated carbocycles. The third-order valence-corrected chi connectivity index (χ3v) is 4.27. The van der Waals surface area contributed by atoms with Crippen LogP contribution < -0.4 is 5.14 Å². The molecular weight excluding hydrogens is 272 g/mol. The van der Waals surface area contributed by atoms with E-state index in [1.54, 1.807) is 12.1 Å².